The lowest BCUT2D eigenvalue weighted by Crippen LogP contribution is -2.28. The number of hydrogen-bond donors (Lipinski definition) is 1. The van der Waals surface area contributed by atoms with Gasteiger partial charge in [0.2, 0.25) is 0 Å². The Balaban J connectivity index is 1.76. The molecule has 2 atom stereocenters. The van der Waals surface area contributed by atoms with Crippen molar-refractivity contribution in [3.8, 4) is 5.75 Å². The van der Waals surface area contributed by atoms with E-state index in [9.17, 15) is 0 Å². The van der Waals surface area contributed by atoms with Crippen LogP contribution in [0.5, 0.6) is 5.75 Å². The molecule has 0 unspecified atom stereocenters. The van der Waals surface area contributed by atoms with Gasteiger partial charge in [-0.15, -0.1) is 0 Å². The quantitative estimate of drug-likeness (QED) is 0.828. The van der Waals surface area contributed by atoms with Crippen LogP contribution in [0.2, 0.25) is 0 Å². The molecule has 1 heterocycles. The minimum atomic E-state index is 0.404. The zero-order valence-electron chi connectivity index (χ0n) is 13.1. The molecule has 0 aromatic heterocycles. The molecule has 1 N–H and O–H groups in total. The van der Waals surface area contributed by atoms with E-state index in [-0.39, 0.29) is 0 Å². The van der Waals surface area contributed by atoms with Gasteiger partial charge in [-0.2, -0.15) is 0 Å². The van der Waals surface area contributed by atoms with E-state index >= 15 is 0 Å². The van der Waals surface area contributed by atoms with Crippen molar-refractivity contribution >= 4 is 0 Å². The summed E-state index contributed by atoms with van der Waals surface area (Å²) >= 11 is 0. The van der Waals surface area contributed by atoms with Crippen molar-refractivity contribution < 1.29 is 4.74 Å². The normalized spacial score (nSPS) is 21.1. The lowest BCUT2D eigenvalue weighted by Gasteiger charge is -2.19. The zero-order valence-corrected chi connectivity index (χ0v) is 13.1. The molecule has 2 rings (SSSR count). The first-order valence-electron chi connectivity index (χ1n) is 7.82. The van der Waals surface area contributed by atoms with Crippen molar-refractivity contribution in [1.82, 2.24) is 10.2 Å². The highest BCUT2D eigenvalue weighted by atomic mass is 16.5. The van der Waals surface area contributed by atoms with E-state index < -0.39 is 0 Å². The molecule has 0 saturated carbocycles. The molecule has 112 valence electrons. The molecule has 0 radical (unpaired) electrons. The maximum absolute atomic E-state index is 5.20. The summed E-state index contributed by atoms with van der Waals surface area (Å²) in [7, 11) is 1.71. The van der Waals surface area contributed by atoms with Crippen molar-refractivity contribution in [2.24, 2.45) is 5.92 Å². The Bertz CT molecular complexity index is 390. The smallest absolute Gasteiger partial charge is 0.118 e. The van der Waals surface area contributed by atoms with E-state index in [0.717, 1.165) is 18.2 Å². The van der Waals surface area contributed by atoms with Crippen molar-refractivity contribution in [3.05, 3.63) is 29.8 Å². The number of hydrogen-bond acceptors (Lipinski definition) is 3. The number of methoxy groups -OCH3 is 1. The minimum Gasteiger partial charge on any atom is -0.497 e. The molecule has 1 fully saturated rings. The SMILES string of the molecule is CCCN1CC[C@H](CN[C@H](C)c2ccc(OC)cc2)C1. The maximum Gasteiger partial charge on any atom is 0.118 e. The number of rotatable bonds is 7. The Morgan fingerprint density at radius 3 is 2.75 bits per heavy atom. The third kappa shape index (κ3) is 4.22. The summed E-state index contributed by atoms with van der Waals surface area (Å²) in [5.74, 6) is 1.73. The van der Waals surface area contributed by atoms with Crippen LogP contribution in [-0.4, -0.2) is 38.2 Å². The first-order valence-corrected chi connectivity index (χ1v) is 7.82. The second-order valence-corrected chi connectivity index (χ2v) is 5.86. The third-order valence-corrected chi connectivity index (χ3v) is 4.24. The van der Waals surface area contributed by atoms with Crippen LogP contribution in [0.25, 0.3) is 0 Å². The summed E-state index contributed by atoms with van der Waals surface area (Å²) in [5, 5.41) is 3.67. The number of likely N-dealkylation sites (tertiary alicyclic amines) is 1. The topological polar surface area (TPSA) is 24.5 Å². The van der Waals surface area contributed by atoms with Gasteiger partial charge in [-0.1, -0.05) is 19.1 Å². The third-order valence-electron chi connectivity index (χ3n) is 4.24. The van der Waals surface area contributed by atoms with Gasteiger partial charge in [0.1, 0.15) is 5.75 Å². The molecule has 0 bridgehead atoms. The van der Waals surface area contributed by atoms with Crippen LogP contribution < -0.4 is 10.1 Å². The molecule has 0 spiro atoms. The number of ether oxygens (including phenoxy) is 1. The molecule has 1 aromatic rings. The summed E-state index contributed by atoms with van der Waals surface area (Å²) in [5.41, 5.74) is 1.33. The van der Waals surface area contributed by atoms with E-state index in [4.69, 9.17) is 4.74 Å². The van der Waals surface area contributed by atoms with Crippen LogP contribution >= 0.6 is 0 Å². The fourth-order valence-corrected chi connectivity index (χ4v) is 2.95. The molecule has 3 heteroatoms. The standard InChI is InChI=1S/C17H28N2O/c1-4-10-19-11-9-15(13-19)12-18-14(2)16-5-7-17(20-3)8-6-16/h5-8,14-15,18H,4,9-13H2,1-3H3/t14-,15-/m1/s1. The highest BCUT2D eigenvalue weighted by Crippen LogP contribution is 2.19. The highest BCUT2D eigenvalue weighted by molar-refractivity contribution is 5.28. The fourth-order valence-electron chi connectivity index (χ4n) is 2.95. The average molecular weight is 276 g/mol. The Labute approximate surface area is 123 Å². The molecule has 1 saturated heterocycles. The number of benzene rings is 1. The van der Waals surface area contributed by atoms with Crippen molar-refractivity contribution in [3.63, 3.8) is 0 Å². The van der Waals surface area contributed by atoms with Crippen LogP contribution in [-0.2, 0) is 0 Å². The average Bonchev–Trinajstić information content (AvgIpc) is 2.93. The Morgan fingerprint density at radius 1 is 1.35 bits per heavy atom. The van der Waals surface area contributed by atoms with E-state index in [2.05, 4.69) is 36.2 Å². The second kappa shape index (κ2) is 7.65. The van der Waals surface area contributed by atoms with E-state index in [1.54, 1.807) is 7.11 Å². The van der Waals surface area contributed by atoms with Crippen molar-refractivity contribution in [2.45, 2.75) is 32.7 Å². The first kappa shape index (κ1) is 15.3. The minimum absolute atomic E-state index is 0.404. The van der Waals surface area contributed by atoms with Crippen LogP contribution in [0, 0.1) is 5.92 Å². The van der Waals surface area contributed by atoms with E-state index in [0.29, 0.717) is 6.04 Å². The number of nitrogens with one attached hydrogen (secondary N) is 1. The van der Waals surface area contributed by atoms with Crippen LogP contribution in [0.4, 0.5) is 0 Å². The largest absolute Gasteiger partial charge is 0.497 e. The maximum atomic E-state index is 5.20. The summed E-state index contributed by atoms with van der Waals surface area (Å²) < 4.78 is 5.20. The van der Waals surface area contributed by atoms with Crippen LogP contribution in [0.3, 0.4) is 0 Å². The molecule has 1 aliphatic heterocycles. The van der Waals surface area contributed by atoms with E-state index in [1.807, 2.05) is 12.1 Å². The summed E-state index contributed by atoms with van der Waals surface area (Å²) in [6.45, 7) is 9.41. The van der Waals surface area contributed by atoms with Gasteiger partial charge in [0.05, 0.1) is 7.11 Å². The molecular weight excluding hydrogens is 248 g/mol. The van der Waals surface area contributed by atoms with Gasteiger partial charge in [0, 0.05) is 12.6 Å². The predicted octanol–water partition coefficient (Wildman–Crippen LogP) is 3.08. The molecule has 1 aliphatic rings. The summed E-state index contributed by atoms with van der Waals surface area (Å²) in [6.07, 6.45) is 2.60. The second-order valence-electron chi connectivity index (χ2n) is 5.86. The lowest BCUT2D eigenvalue weighted by molar-refractivity contribution is 0.320. The first-order chi connectivity index (χ1) is 9.72. The van der Waals surface area contributed by atoms with Crippen molar-refractivity contribution in [1.29, 1.82) is 0 Å². The van der Waals surface area contributed by atoms with Crippen LogP contribution in [0.15, 0.2) is 24.3 Å². The Kier molecular flexibility index (Phi) is 5.86. The van der Waals surface area contributed by atoms with Gasteiger partial charge in [0.25, 0.3) is 0 Å². The molecule has 0 aliphatic carbocycles. The summed E-state index contributed by atoms with van der Waals surface area (Å²) in [4.78, 5) is 2.59. The highest BCUT2D eigenvalue weighted by Gasteiger charge is 2.21. The Hall–Kier alpha value is -1.06. The number of nitrogens with zero attached hydrogens (tertiary/aromatic N) is 1. The lowest BCUT2D eigenvalue weighted by atomic mass is 10.1. The predicted molar refractivity (Wildman–Crippen MR) is 84.2 cm³/mol. The van der Waals surface area contributed by atoms with Crippen LogP contribution in [0.1, 0.15) is 38.3 Å². The molecular formula is C17H28N2O. The Morgan fingerprint density at radius 2 is 2.10 bits per heavy atom. The van der Waals surface area contributed by atoms with E-state index in [1.165, 1.54) is 38.0 Å². The zero-order chi connectivity index (χ0) is 14.4. The van der Waals surface area contributed by atoms with Gasteiger partial charge in [-0.05, 0) is 63.0 Å². The summed E-state index contributed by atoms with van der Waals surface area (Å²) in [6, 6.07) is 8.77. The fraction of sp³-hybridized carbons (Fsp3) is 0.647. The monoisotopic (exact) mass is 276 g/mol. The molecule has 1 aromatic carbocycles. The van der Waals surface area contributed by atoms with Gasteiger partial charge in [0.15, 0.2) is 0 Å². The van der Waals surface area contributed by atoms with Gasteiger partial charge in [-0.25, -0.2) is 0 Å². The van der Waals surface area contributed by atoms with Gasteiger partial charge < -0.3 is 15.0 Å². The van der Waals surface area contributed by atoms with Gasteiger partial charge >= 0.3 is 0 Å². The molecule has 20 heavy (non-hydrogen) atoms. The van der Waals surface area contributed by atoms with Crippen molar-refractivity contribution in [2.75, 3.05) is 33.3 Å². The molecule has 3 nitrogen and oxygen atoms in total. The van der Waals surface area contributed by atoms with Gasteiger partial charge in [-0.3, -0.25) is 0 Å². The molecule has 0 amide bonds.